The van der Waals surface area contributed by atoms with Gasteiger partial charge in [0.25, 0.3) is 0 Å². The first kappa shape index (κ1) is 17.9. The summed E-state index contributed by atoms with van der Waals surface area (Å²) < 4.78 is 11.0. The molecule has 2 aliphatic rings. The zero-order chi connectivity index (χ0) is 15.5. The average Bonchev–Trinajstić information content (AvgIpc) is 3.02. The van der Waals surface area contributed by atoms with Gasteiger partial charge in [0.05, 0.1) is 13.0 Å². The van der Waals surface area contributed by atoms with E-state index in [0.717, 1.165) is 49.5 Å². The predicted molar refractivity (Wildman–Crippen MR) is 91.5 cm³/mol. The fourth-order valence-corrected chi connectivity index (χ4v) is 3.40. The number of ether oxygens (including phenoxy) is 2. The molecule has 1 saturated heterocycles. The number of nitrogens with one attached hydrogen (secondary N) is 1. The molecule has 1 fully saturated rings. The van der Waals surface area contributed by atoms with Gasteiger partial charge in [-0.15, -0.1) is 12.4 Å². The van der Waals surface area contributed by atoms with Crippen LogP contribution in [0.4, 0.5) is 0 Å². The molecule has 1 aromatic rings. The fraction of sp³-hybridized carbons (Fsp3) is 0.588. The molecule has 6 heteroatoms. The summed E-state index contributed by atoms with van der Waals surface area (Å²) >= 11 is 0. The lowest BCUT2D eigenvalue weighted by Crippen LogP contribution is -2.40. The Balaban J connectivity index is 0.00000192. The Hall–Kier alpha value is -1.46. The quantitative estimate of drug-likeness (QED) is 0.907. The van der Waals surface area contributed by atoms with Gasteiger partial charge in [0, 0.05) is 13.1 Å². The maximum atomic E-state index is 12.7. The summed E-state index contributed by atoms with van der Waals surface area (Å²) in [5, 5.41) is 3.20. The van der Waals surface area contributed by atoms with Crippen LogP contribution in [0.2, 0.25) is 0 Å². The number of amides is 1. The van der Waals surface area contributed by atoms with Crippen molar-refractivity contribution in [2.75, 3.05) is 40.4 Å². The zero-order valence-electron chi connectivity index (χ0n) is 13.7. The van der Waals surface area contributed by atoms with E-state index in [1.807, 2.05) is 30.1 Å². The van der Waals surface area contributed by atoms with Crippen LogP contribution in [0.25, 0.3) is 0 Å². The minimum atomic E-state index is -0.0760. The van der Waals surface area contributed by atoms with Gasteiger partial charge in [0.2, 0.25) is 5.91 Å². The Morgan fingerprint density at radius 2 is 2.30 bits per heavy atom. The van der Waals surface area contributed by atoms with E-state index in [9.17, 15) is 4.79 Å². The topological polar surface area (TPSA) is 50.8 Å². The van der Waals surface area contributed by atoms with Crippen LogP contribution >= 0.6 is 12.4 Å². The maximum Gasteiger partial charge on any atom is 0.229 e. The van der Waals surface area contributed by atoms with E-state index in [1.165, 1.54) is 0 Å². The van der Waals surface area contributed by atoms with Crippen LogP contribution in [0.3, 0.4) is 0 Å². The Kier molecular flexibility index (Phi) is 6.13. The van der Waals surface area contributed by atoms with Crippen molar-refractivity contribution in [2.24, 2.45) is 11.8 Å². The molecule has 5 nitrogen and oxygen atoms in total. The predicted octanol–water partition coefficient (Wildman–Crippen LogP) is 1.74. The molecule has 2 atom stereocenters. The van der Waals surface area contributed by atoms with E-state index < -0.39 is 0 Å². The Morgan fingerprint density at radius 3 is 3.04 bits per heavy atom. The van der Waals surface area contributed by atoms with E-state index in [1.54, 1.807) is 7.11 Å². The molecule has 0 radical (unpaired) electrons. The third-order valence-corrected chi connectivity index (χ3v) is 4.61. The monoisotopic (exact) mass is 340 g/mol. The minimum absolute atomic E-state index is 0. The molecule has 0 aliphatic carbocycles. The molecule has 1 amide bonds. The largest absolute Gasteiger partial charge is 0.497 e. The molecular formula is C17H25ClN2O3. The lowest BCUT2D eigenvalue weighted by molar-refractivity contribution is -0.135. The minimum Gasteiger partial charge on any atom is -0.497 e. The van der Waals surface area contributed by atoms with Crippen LogP contribution in [-0.2, 0) is 11.2 Å². The highest BCUT2D eigenvalue weighted by Gasteiger charge is 2.33. The molecule has 2 unspecified atom stereocenters. The van der Waals surface area contributed by atoms with Crippen molar-refractivity contribution in [3.8, 4) is 11.5 Å². The van der Waals surface area contributed by atoms with Crippen LogP contribution < -0.4 is 14.8 Å². The van der Waals surface area contributed by atoms with Crippen molar-refractivity contribution >= 4 is 18.3 Å². The van der Waals surface area contributed by atoms with Gasteiger partial charge in [-0.25, -0.2) is 0 Å². The normalized spacial score (nSPS) is 22.8. The summed E-state index contributed by atoms with van der Waals surface area (Å²) in [6.07, 6.45) is 1.82. The number of nitrogens with zero attached hydrogens (tertiary/aromatic N) is 1. The van der Waals surface area contributed by atoms with Crippen LogP contribution in [0, 0.1) is 11.8 Å². The number of methoxy groups -OCH3 is 1. The highest BCUT2D eigenvalue weighted by molar-refractivity contribution is 5.85. The number of likely N-dealkylation sites (tertiary alicyclic amines) is 1. The van der Waals surface area contributed by atoms with E-state index in [0.29, 0.717) is 12.5 Å². The van der Waals surface area contributed by atoms with Gasteiger partial charge in [-0.2, -0.15) is 0 Å². The van der Waals surface area contributed by atoms with Gasteiger partial charge in [-0.1, -0.05) is 0 Å². The number of benzene rings is 1. The van der Waals surface area contributed by atoms with E-state index >= 15 is 0 Å². The van der Waals surface area contributed by atoms with Crippen molar-refractivity contribution in [3.63, 3.8) is 0 Å². The summed E-state index contributed by atoms with van der Waals surface area (Å²) in [5.74, 6) is 2.41. The van der Waals surface area contributed by atoms with Gasteiger partial charge in [0.15, 0.2) is 0 Å². The summed E-state index contributed by atoms with van der Waals surface area (Å²) in [4.78, 5) is 14.7. The molecule has 2 aliphatic heterocycles. The highest BCUT2D eigenvalue weighted by atomic mass is 35.5. The van der Waals surface area contributed by atoms with Gasteiger partial charge in [-0.05, 0) is 56.1 Å². The van der Waals surface area contributed by atoms with Gasteiger partial charge < -0.3 is 19.7 Å². The molecule has 0 saturated carbocycles. The second-order valence-electron chi connectivity index (χ2n) is 6.18. The summed E-state index contributed by atoms with van der Waals surface area (Å²) in [7, 11) is 3.62. The van der Waals surface area contributed by atoms with E-state index in [2.05, 4.69) is 5.32 Å². The number of rotatable bonds is 4. The Labute approximate surface area is 143 Å². The standard InChI is InChI=1S/C17H24N2O3.ClH/c1-18-9-12-5-6-19(10-12)17(20)14-7-13-8-15(21-2)3-4-16(13)22-11-14;/h3-4,8,12,14,18H,5-7,9-11H2,1-2H3;1H. The van der Waals surface area contributed by atoms with Crippen LogP contribution in [0.5, 0.6) is 11.5 Å². The highest BCUT2D eigenvalue weighted by Crippen LogP contribution is 2.32. The van der Waals surface area contributed by atoms with Crippen molar-refractivity contribution in [2.45, 2.75) is 12.8 Å². The fourth-order valence-electron chi connectivity index (χ4n) is 3.40. The number of carbonyl (C=O) groups excluding carboxylic acids is 1. The Bertz CT molecular complexity index is 553. The number of fused-ring (bicyclic) bond motifs is 1. The maximum absolute atomic E-state index is 12.7. The van der Waals surface area contributed by atoms with Gasteiger partial charge >= 0.3 is 0 Å². The van der Waals surface area contributed by atoms with Crippen molar-refractivity contribution in [1.82, 2.24) is 10.2 Å². The van der Waals surface area contributed by atoms with Gasteiger partial charge in [0.1, 0.15) is 18.1 Å². The summed E-state index contributed by atoms with van der Waals surface area (Å²) in [6.45, 7) is 3.18. The third-order valence-electron chi connectivity index (χ3n) is 4.61. The smallest absolute Gasteiger partial charge is 0.229 e. The Morgan fingerprint density at radius 1 is 1.48 bits per heavy atom. The number of carbonyl (C=O) groups is 1. The molecule has 2 heterocycles. The van der Waals surface area contributed by atoms with Crippen molar-refractivity contribution in [1.29, 1.82) is 0 Å². The zero-order valence-corrected chi connectivity index (χ0v) is 14.5. The lowest BCUT2D eigenvalue weighted by atomic mass is 9.95. The molecule has 0 aromatic heterocycles. The summed E-state index contributed by atoms with van der Waals surface area (Å²) in [6, 6.07) is 5.79. The van der Waals surface area contributed by atoms with Crippen LogP contribution in [0.1, 0.15) is 12.0 Å². The van der Waals surface area contributed by atoms with E-state index in [-0.39, 0.29) is 24.2 Å². The molecular weight excluding hydrogens is 316 g/mol. The molecule has 128 valence electrons. The molecule has 0 spiro atoms. The van der Waals surface area contributed by atoms with Crippen LogP contribution in [-0.4, -0.2) is 51.2 Å². The lowest BCUT2D eigenvalue weighted by Gasteiger charge is -2.28. The summed E-state index contributed by atoms with van der Waals surface area (Å²) in [5.41, 5.74) is 1.06. The molecule has 1 aromatic carbocycles. The second kappa shape index (κ2) is 7.88. The second-order valence-corrected chi connectivity index (χ2v) is 6.18. The molecule has 0 bridgehead atoms. The molecule has 23 heavy (non-hydrogen) atoms. The third kappa shape index (κ3) is 3.90. The number of hydrogen-bond acceptors (Lipinski definition) is 4. The molecule has 1 N–H and O–H groups in total. The SMILES string of the molecule is CNCC1CCN(C(=O)C2COc3ccc(OC)cc3C2)C1.Cl. The number of hydrogen-bond donors (Lipinski definition) is 1. The van der Waals surface area contributed by atoms with Crippen molar-refractivity contribution in [3.05, 3.63) is 23.8 Å². The molecule has 3 rings (SSSR count). The number of halogens is 1. The van der Waals surface area contributed by atoms with Crippen LogP contribution in [0.15, 0.2) is 18.2 Å². The average molecular weight is 341 g/mol. The van der Waals surface area contributed by atoms with Gasteiger partial charge in [-0.3, -0.25) is 4.79 Å². The first-order chi connectivity index (χ1) is 10.7. The first-order valence-electron chi connectivity index (χ1n) is 7.94. The first-order valence-corrected chi connectivity index (χ1v) is 7.94. The van der Waals surface area contributed by atoms with E-state index in [4.69, 9.17) is 9.47 Å². The van der Waals surface area contributed by atoms with Crippen molar-refractivity contribution < 1.29 is 14.3 Å².